The van der Waals surface area contributed by atoms with Crippen LogP contribution in [0.1, 0.15) is 11.5 Å². The summed E-state index contributed by atoms with van der Waals surface area (Å²) in [5.74, 6) is 2.40. The van der Waals surface area contributed by atoms with Crippen LogP contribution in [0.3, 0.4) is 0 Å². The second-order valence-corrected chi connectivity index (χ2v) is 7.36. The minimum absolute atomic E-state index is 0.700. The van der Waals surface area contributed by atoms with Gasteiger partial charge in [0.25, 0.3) is 0 Å². The Morgan fingerprint density at radius 2 is 1.66 bits per heavy atom. The van der Waals surface area contributed by atoms with Crippen LogP contribution in [-0.2, 0) is 6.54 Å². The lowest BCUT2D eigenvalue weighted by molar-refractivity contribution is 0.245. The van der Waals surface area contributed by atoms with E-state index in [2.05, 4.69) is 62.2 Å². The second kappa shape index (κ2) is 7.64. The lowest BCUT2D eigenvalue weighted by Crippen LogP contribution is -2.46. The number of piperazine rings is 1. The number of rotatable bonds is 4. The van der Waals surface area contributed by atoms with E-state index in [-0.39, 0.29) is 0 Å². The normalized spacial score (nSPS) is 15.1. The first kappa shape index (κ1) is 17.8. The van der Waals surface area contributed by atoms with E-state index in [0.717, 1.165) is 55.7 Å². The molecule has 3 heterocycles. The lowest BCUT2D eigenvalue weighted by Gasteiger charge is -2.34. The van der Waals surface area contributed by atoms with Crippen molar-refractivity contribution in [3.05, 3.63) is 72.4 Å². The first-order valence-electron chi connectivity index (χ1n) is 9.97. The molecule has 2 aromatic heterocycles. The topological polar surface area (TPSA) is 58.3 Å². The zero-order valence-electron chi connectivity index (χ0n) is 16.5. The Labute approximate surface area is 169 Å². The molecule has 0 unspecified atom stereocenters. The van der Waals surface area contributed by atoms with Crippen molar-refractivity contribution in [2.45, 2.75) is 13.5 Å². The molecule has 5 rings (SSSR count). The molecule has 1 fully saturated rings. The van der Waals surface area contributed by atoms with Crippen molar-refractivity contribution in [3.8, 4) is 11.5 Å². The van der Waals surface area contributed by atoms with Gasteiger partial charge in [-0.05, 0) is 29.8 Å². The molecule has 0 aliphatic carbocycles. The van der Waals surface area contributed by atoms with E-state index < -0.39 is 0 Å². The number of fused-ring (bicyclic) bond motifs is 1. The van der Waals surface area contributed by atoms with Crippen molar-refractivity contribution in [1.82, 2.24) is 19.9 Å². The highest BCUT2D eigenvalue weighted by molar-refractivity contribution is 5.94. The van der Waals surface area contributed by atoms with Gasteiger partial charge in [0.2, 0.25) is 11.8 Å². The molecule has 146 valence electrons. The number of anilines is 1. The minimum atomic E-state index is 0.700. The van der Waals surface area contributed by atoms with Crippen molar-refractivity contribution >= 4 is 16.7 Å². The lowest BCUT2D eigenvalue weighted by atomic mass is 10.0. The highest BCUT2D eigenvalue weighted by Gasteiger charge is 2.21. The van der Waals surface area contributed by atoms with Crippen molar-refractivity contribution in [2.24, 2.45) is 0 Å². The number of benzene rings is 2. The molecule has 4 aromatic rings. The SMILES string of the molecule is Cc1oc(-c2cccc3ccccc23)nc1CN1CCN(c2ncccn2)CC1. The standard InChI is InChI=1S/C23H23N5O/c1-17-21(16-27-12-14-28(15-13-27)23-24-10-5-11-25-23)26-22(29-17)20-9-4-7-18-6-2-3-8-19(18)20/h2-11H,12-16H2,1H3. The van der Waals surface area contributed by atoms with Crippen LogP contribution < -0.4 is 4.90 Å². The van der Waals surface area contributed by atoms with E-state index in [9.17, 15) is 0 Å². The maximum Gasteiger partial charge on any atom is 0.227 e. The number of hydrogen-bond acceptors (Lipinski definition) is 6. The van der Waals surface area contributed by atoms with Gasteiger partial charge in [0.15, 0.2) is 0 Å². The average Bonchev–Trinajstić information content (AvgIpc) is 3.14. The number of oxazole rings is 1. The van der Waals surface area contributed by atoms with E-state index in [0.29, 0.717) is 5.89 Å². The Balaban J connectivity index is 1.32. The molecule has 6 nitrogen and oxygen atoms in total. The summed E-state index contributed by atoms with van der Waals surface area (Å²) in [5.41, 5.74) is 2.06. The van der Waals surface area contributed by atoms with Gasteiger partial charge in [-0.3, -0.25) is 4.90 Å². The number of hydrogen-bond donors (Lipinski definition) is 0. The van der Waals surface area contributed by atoms with Crippen molar-refractivity contribution in [2.75, 3.05) is 31.1 Å². The fraction of sp³-hybridized carbons (Fsp3) is 0.261. The molecule has 6 heteroatoms. The maximum atomic E-state index is 6.07. The van der Waals surface area contributed by atoms with Gasteiger partial charge in [0, 0.05) is 50.7 Å². The molecule has 0 bridgehead atoms. The van der Waals surface area contributed by atoms with Gasteiger partial charge in [-0.2, -0.15) is 0 Å². The Hall–Kier alpha value is -3.25. The van der Waals surface area contributed by atoms with Crippen LogP contribution in [0, 0.1) is 6.92 Å². The zero-order valence-corrected chi connectivity index (χ0v) is 16.5. The van der Waals surface area contributed by atoms with Gasteiger partial charge in [0.1, 0.15) is 5.76 Å². The molecular weight excluding hydrogens is 362 g/mol. The predicted octanol–water partition coefficient (Wildman–Crippen LogP) is 3.92. The Morgan fingerprint density at radius 3 is 2.48 bits per heavy atom. The van der Waals surface area contributed by atoms with Gasteiger partial charge in [0.05, 0.1) is 5.69 Å². The predicted molar refractivity (Wildman–Crippen MR) is 114 cm³/mol. The van der Waals surface area contributed by atoms with Gasteiger partial charge in [-0.1, -0.05) is 36.4 Å². The largest absolute Gasteiger partial charge is 0.441 e. The highest BCUT2D eigenvalue weighted by atomic mass is 16.4. The van der Waals surface area contributed by atoms with E-state index in [1.165, 1.54) is 10.8 Å². The summed E-state index contributed by atoms with van der Waals surface area (Å²) in [7, 11) is 0. The summed E-state index contributed by atoms with van der Waals surface area (Å²) in [4.78, 5) is 18.2. The summed E-state index contributed by atoms with van der Waals surface area (Å²) in [6.45, 7) is 6.53. The van der Waals surface area contributed by atoms with Crippen LogP contribution in [0.2, 0.25) is 0 Å². The van der Waals surface area contributed by atoms with Crippen LogP contribution in [0.5, 0.6) is 0 Å². The molecule has 2 aromatic carbocycles. The molecule has 0 radical (unpaired) electrons. The molecule has 1 aliphatic rings. The number of aryl methyl sites for hydroxylation is 1. The van der Waals surface area contributed by atoms with Crippen LogP contribution in [0.15, 0.2) is 65.3 Å². The van der Waals surface area contributed by atoms with Gasteiger partial charge in [-0.15, -0.1) is 0 Å². The van der Waals surface area contributed by atoms with E-state index >= 15 is 0 Å². The van der Waals surface area contributed by atoms with Gasteiger partial charge < -0.3 is 9.32 Å². The molecule has 0 N–H and O–H groups in total. The third-order valence-electron chi connectivity index (χ3n) is 5.49. The summed E-state index contributed by atoms with van der Waals surface area (Å²) >= 11 is 0. The third kappa shape index (κ3) is 3.59. The maximum absolute atomic E-state index is 6.07. The molecule has 0 atom stereocenters. The molecule has 1 saturated heterocycles. The van der Waals surface area contributed by atoms with Crippen LogP contribution in [0.4, 0.5) is 5.95 Å². The quantitative estimate of drug-likeness (QED) is 0.531. The second-order valence-electron chi connectivity index (χ2n) is 7.36. The van der Waals surface area contributed by atoms with Crippen molar-refractivity contribution in [1.29, 1.82) is 0 Å². The third-order valence-corrected chi connectivity index (χ3v) is 5.49. The number of aromatic nitrogens is 3. The Bertz CT molecular complexity index is 1110. The Morgan fingerprint density at radius 1 is 0.897 bits per heavy atom. The van der Waals surface area contributed by atoms with Crippen LogP contribution >= 0.6 is 0 Å². The summed E-state index contributed by atoms with van der Waals surface area (Å²) in [5, 5.41) is 2.36. The Kier molecular flexibility index (Phi) is 4.69. The summed E-state index contributed by atoms with van der Waals surface area (Å²) in [6.07, 6.45) is 3.59. The average molecular weight is 385 g/mol. The van der Waals surface area contributed by atoms with E-state index in [1.54, 1.807) is 12.4 Å². The molecular formula is C23H23N5O. The monoisotopic (exact) mass is 385 g/mol. The molecule has 0 spiro atoms. The summed E-state index contributed by atoms with van der Waals surface area (Å²) < 4.78 is 6.07. The van der Waals surface area contributed by atoms with Crippen LogP contribution in [-0.4, -0.2) is 46.0 Å². The first-order valence-corrected chi connectivity index (χ1v) is 9.97. The van der Waals surface area contributed by atoms with Crippen molar-refractivity contribution in [3.63, 3.8) is 0 Å². The highest BCUT2D eigenvalue weighted by Crippen LogP contribution is 2.29. The molecule has 1 aliphatic heterocycles. The van der Waals surface area contributed by atoms with Gasteiger partial charge in [-0.25, -0.2) is 15.0 Å². The fourth-order valence-corrected chi connectivity index (χ4v) is 3.87. The fourth-order valence-electron chi connectivity index (χ4n) is 3.87. The zero-order chi connectivity index (χ0) is 19.6. The van der Waals surface area contributed by atoms with Crippen molar-refractivity contribution < 1.29 is 4.42 Å². The first-order chi connectivity index (χ1) is 14.3. The van der Waals surface area contributed by atoms with E-state index in [4.69, 9.17) is 9.40 Å². The number of nitrogens with zero attached hydrogens (tertiary/aromatic N) is 5. The minimum Gasteiger partial charge on any atom is -0.441 e. The molecule has 0 amide bonds. The molecule has 0 saturated carbocycles. The van der Waals surface area contributed by atoms with E-state index in [1.807, 2.05) is 13.0 Å². The smallest absolute Gasteiger partial charge is 0.227 e. The van der Waals surface area contributed by atoms with Gasteiger partial charge >= 0.3 is 0 Å². The molecule has 29 heavy (non-hydrogen) atoms. The van der Waals surface area contributed by atoms with Crippen LogP contribution in [0.25, 0.3) is 22.2 Å². The summed E-state index contributed by atoms with van der Waals surface area (Å²) in [6, 6.07) is 16.4.